The third-order valence-electron chi connectivity index (χ3n) is 3.59. The molecule has 0 aliphatic heterocycles. The highest BCUT2D eigenvalue weighted by Gasteiger charge is 2.06. The Hall–Kier alpha value is -2.61. The van der Waals surface area contributed by atoms with Gasteiger partial charge in [-0.15, -0.1) is 0 Å². The zero-order valence-corrected chi connectivity index (χ0v) is 16.2. The van der Waals surface area contributed by atoms with E-state index in [-0.39, 0.29) is 10.7 Å². The van der Waals surface area contributed by atoms with Gasteiger partial charge in [-0.05, 0) is 48.9 Å². The summed E-state index contributed by atoms with van der Waals surface area (Å²) in [4.78, 5) is 4.71. The van der Waals surface area contributed by atoms with Crippen molar-refractivity contribution >= 4 is 15.8 Å². The number of rotatable bonds is 8. The lowest BCUT2D eigenvalue weighted by molar-refractivity contribution is 0.321. The number of guanidine groups is 1. The summed E-state index contributed by atoms with van der Waals surface area (Å²) in [6, 6.07) is 12.5. The summed E-state index contributed by atoms with van der Waals surface area (Å²) in [6.07, 6.45) is 1.17. The van der Waals surface area contributed by atoms with Crippen LogP contribution in [0.4, 0.5) is 4.39 Å². The SMILES string of the molecule is CCNC(=NCc1ccc(F)cc1)NCCOc1ccc(S(C)(=O)=O)cc1. The molecule has 0 unspecified atom stereocenters. The van der Waals surface area contributed by atoms with Crippen LogP contribution in [0.2, 0.25) is 0 Å². The fourth-order valence-corrected chi connectivity index (χ4v) is 2.85. The maximum absolute atomic E-state index is 12.9. The molecule has 0 amide bonds. The average molecular weight is 393 g/mol. The molecule has 6 nitrogen and oxygen atoms in total. The Labute approximate surface area is 159 Å². The van der Waals surface area contributed by atoms with Gasteiger partial charge < -0.3 is 15.4 Å². The molecule has 0 radical (unpaired) electrons. The molecule has 0 aliphatic carbocycles. The van der Waals surface area contributed by atoms with E-state index in [1.54, 1.807) is 24.3 Å². The van der Waals surface area contributed by atoms with Gasteiger partial charge in [0.1, 0.15) is 18.2 Å². The van der Waals surface area contributed by atoms with Crippen molar-refractivity contribution in [1.29, 1.82) is 0 Å². The van der Waals surface area contributed by atoms with E-state index in [4.69, 9.17) is 4.74 Å². The first-order valence-corrected chi connectivity index (χ1v) is 10.5. The average Bonchev–Trinajstić information content (AvgIpc) is 2.64. The fourth-order valence-electron chi connectivity index (χ4n) is 2.22. The van der Waals surface area contributed by atoms with Crippen molar-refractivity contribution in [2.24, 2.45) is 4.99 Å². The molecule has 2 N–H and O–H groups in total. The quantitative estimate of drug-likeness (QED) is 0.409. The van der Waals surface area contributed by atoms with E-state index < -0.39 is 9.84 Å². The molecule has 27 heavy (non-hydrogen) atoms. The molecule has 0 atom stereocenters. The normalized spacial score (nSPS) is 11.9. The van der Waals surface area contributed by atoms with Gasteiger partial charge in [0.05, 0.1) is 18.0 Å². The van der Waals surface area contributed by atoms with Crippen molar-refractivity contribution in [3.8, 4) is 5.75 Å². The number of nitrogens with zero attached hydrogens (tertiary/aromatic N) is 1. The number of halogens is 1. The van der Waals surface area contributed by atoms with Gasteiger partial charge >= 0.3 is 0 Å². The van der Waals surface area contributed by atoms with Gasteiger partial charge in [-0.1, -0.05) is 12.1 Å². The van der Waals surface area contributed by atoms with Crippen molar-refractivity contribution in [3.63, 3.8) is 0 Å². The Balaban J connectivity index is 1.81. The monoisotopic (exact) mass is 393 g/mol. The Bertz CT molecular complexity index is 851. The van der Waals surface area contributed by atoms with Crippen LogP contribution in [-0.4, -0.2) is 40.3 Å². The molecule has 0 spiro atoms. The van der Waals surface area contributed by atoms with Crippen LogP contribution in [0.25, 0.3) is 0 Å². The number of benzene rings is 2. The summed E-state index contributed by atoms with van der Waals surface area (Å²) in [7, 11) is -3.21. The van der Waals surface area contributed by atoms with Crippen LogP contribution in [0, 0.1) is 5.82 Å². The van der Waals surface area contributed by atoms with Crippen LogP contribution in [0.1, 0.15) is 12.5 Å². The topological polar surface area (TPSA) is 79.8 Å². The van der Waals surface area contributed by atoms with E-state index in [0.29, 0.717) is 38.0 Å². The van der Waals surface area contributed by atoms with Crippen LogP contribution >= 0.6 is 0 Å². The van der Waals surface area contributed by atoms with Crippen molar-refractivity contribution in [2.45, 2.75) is 18.4 Å². The van der Waals surface area contributed by atoms with Gasteiger partial charge in [0.2, 0.25) is 0 Å². The molecular formula is C19H24FN3O3S. The minimum Gasteiger partial charge on any atom is -0.492 e. The molecule has 8 heteroatoms. The third-order valence-corrected chi connectivity index (χ3v) is 4.72. The van der Waals surface area contributed by atoms with Gasteiger partial charge in [0.25, 0.3) is 0 Å². The second-order valence-corrected chi connectivity index (χ2v) is 7.86. The largest absolute Gasteiger partial charge is 0.492 e. The summed E-state index contributed by atoms with van der Waals surface area (Å²) >= 11 is 0. The van der Waals surface area contributed by atoms with E-state index in [1.165, 1.54) is 30.5 Å². The molecular weight excluding hydrogens is 369 g/mol. The third kappa shape index (κ3) is 7.26. The second-order valence-electron chi connectivity index (χ2n) is 5.84. The minimum absolute atomic E-state index is 0.260. The number of hydrogen-bond donors (Lipinski definition) is 2. The number of hydrogen-bond acceptors (Lipinski definition) is 4. The van der Waals surface area contributed by atoms with Gasteiger partial charge in [-0.25, -0.2) is 17.8 Å². The number of nitrogens with one attached hydrogen (secondary N) is 2. The summed E-state index contributed by atoms with van der Waals surface area (Å²) in [5.41, 5.74) is 0.913. The smallest absolute Gasteiger partial charge is 0.191 e. The van der Waals surface area contributed by atoms with Crippen molar-refractivity contribution < 1.29 is 17.5 Å². The number of sulfone groups is 1. The molecule has 146 valence electrons. The molecule has 0 aliphatic rings. The highest BCUT2D eigenvalue weighted by Crippen LogP contribution is 2.15. The van der Waals surface area contributed by atoms with E-state index in [2.05, 4.69) is 15.6 Å². The van der Waals surface area contributed by atoms with Gasteiger partial charge in [-0.2, -0.15) is 0 Å². The highest BCUT2D eigenvalue weighted by atomic mass is 32.2. The van der Waals surface area contributed by atoms with Crippen molar-refractivity contribution in [3.05, 3.63) is 59.9 Å². The summed E-state index contributed by atoms with van der Waals surface area (Å²) < 4.78 is 41.4. The Morgan fingerprint density at radius 3 is 2.33 bits per heavy atom. The van der Waals surface area contributed by atoms with Gasteiger partial charge in [0, 0.05) is 12.8 Å². The van der Waals surface area contributed by atoms with Crippen molar-refractivity contribution in [2.75, 3.05) is 26.0 Å². The fraction of sp³-hybridized carbons (Fsp3) is 0.316. The number of ether oxygens (including phenoxy) is 1. The van der Waals surface area contributed by atoms with Crippen LogP contribution in [-0.2, 0) is 16.4 Å². The number of aliphatic imine (C=N–C) groups is 1. The predicted octanol–water partition coefficient (Wildman–Crippen LogP) is 2.36. The lowest BCUT2D eigenvalue weighted by Crippen LogP contribution is -2.39. The molecule has 2 rings (SSSR count). The van der Waals surface area contributed by atoms with Gasteiger partial charge in [0.15, 0.2) is 15.8 Å². The molecule has 0 bridgehead atoms. The van der Waals surface area contributed by atoms with Crippen LogP contribution in [0.3, 0.4) is 0 Å². The van der Waals surface area contributed by atoms with E-state index in [1.807, 2.05) is 6.92 Å². The Kier molecular flexibility index (Phi) is 7.60. The van der Waals surface area contributed by atoms with E-state index >= 15 is 0 Å². The standard InChI is InChI=1S/C19H24FN3O3S/c1-3-21-19(23-14-15-4-6-16(20)7-5-15)22-12-13-26-17-8-10-18(11-9-17)27(2,24)25/h4-11H,3,12-14H2,1-2H3,(H2,21,22,23). The van der Waals surface area contributed by atoms with Crippen LogP contribution in [0.5, 0.6) is 5.75 Å². The molecule has 2 aromatic rings. The molecule has 0 heterocycles. The zero-order valence-electron chi connectivity index (χ0n) is 15.4. The Morgan fingerprint density at radius 1 is 1.07 bits per heavy atom. The van der Waals surface area contributed by atoms with Crippen molar-refractivity contribution in [1.82, 2.24) is 10.6 Å². The predicted molar refractivity (Wildman–Crippen MR) is 104 cm³/mol. The second kappa shape index (κ2) is 9.91. The molecule has 0 saturated carbocycles. The summed E-state index contributed by atoms with van der Waals surface area (Å²) in [6.45, 7) is 4.02. The first-order chi connectivity index (χ1) is 12.9. The summed E-state index contributed by atoms with van der Waals surface area (Å²) in [5, 5.41) is 6.28. The molecule has 0 saturated heterocycles. The van der Waals surface area contributed by atoms with Crippen LogP contribution < -0.4 is 15.4 Å². The Morgan fingerprint density at radius 2 is 1.74 bits per heavy atom. The first-order valence-electron chi connectivity index (χ1n) is 8.58. The first kappa shape index (κ1) is 20.7. The minimum atomic E-state index is -3.21. The zero-order chi connectivity index (χ0) is 19.7. The van der Waals surface area contributed by atoms with Gasteiger partial charge in [-0.3, -0.25) is 0 Å². The molecule has 0 fully saturated rings. The lowest BCUT2D eigenvalue weighted by Gasteiger charge is -2.12. The molecule has 2 aromatic carbocycles. The maximum atomic E-state index is 12.9. The lowest BCUT2D eigenvalue weighted by atomic mass is 10.2. The van der Waals surface area contributed by atoms with E-state index in [9.17, 15) is 12.8 Å². The molecule has 0 aromatic heterocycles. The summed E-state index contributed by atoms with van der Waals surface area (Å²) in [5.74, 6) is 0.963. The van der Waals surface area contributed by atoms with E-state index in [0.717, 1.165) is 5.56 Å². The maximum Gasteiger partial charge on any atom is 0.191 e. The highest BCUT2D eigenvalue weighted by molar-refractivity contribution is 7.90. The van der Waals surface area contributed by atoms with Crippen LogP contribution in [0.15, 0.2) is 58.4 Å².